The van der Waals surface area contributed by atoms with Gasteiger partial charge in [0.1, 0.15) is 5.67 Å². The van der Waals surface area contributed by atoms with E-state index in [1.807, 2.05) is 0 Å². The van der Waals surface area contributed by atoms with Gasteiger partial charge >= 0.3 is 5.97 Å². The molecule has 0 spiro atoms. The zero-order valence-electron chi connectivity index (χ0n) is 8.37. The second-order valence-electron chi connectivity index (χ2n) is 3.43. The van der Waals surface area contributed by atoms with E-state index in [1.54, 1.807) is 0 Å². The Morgan fingerprint density at radius 3 is 2.64 bits per heavy atom. The van der Waals surface area contributed by atoms with E-state index >= 15 is 0 Å². The third-order valence-electron chi connectivity index (χ3n) is 1.85. The zero-order chi connectivity index (χ0) is 10.8. The molecule has 0 aliphatic rings. The van der Waals surface area contributed by atoms with Crippen molar-refractivity contribution in [3.8, 4) is 0 Å². The quantitative estimate of drug-likeness (QED) is 0.681. The largest absolute Gasteiger partial charge is 0.465 e. The molecule has 0 aliphatic heterocycles. The van der Waals surface area contributed by atoms with Crippen molar-refractivity contribution in [2.24, 2.45) is 0 Å². The van der Waals surface area contributed by atoms with Crippen molar-refractivity contribution < 1.29 is 13.9 Å². The van der Waals surface area contributed by atoms with E-state index in [0.29, 0.717) is 5.56 Å². The van der Waals surface area contributed by atoms with Gasteiger partial charge in [0.25, 0.3) is 0 Å². The van der Waals surface area contributed by atoms with E-state index < -0.39 is 11.6 Å². The second kappa shape index (κ2) is 3.74. The van der Waals surface area contributed by atoms with Gasteiger partial charge in [-0.05, 0) is 19.9 Å². The van der Waals surface area contributed by atoms with Gasteiger partial charge in [-0.3, -0.25) is 4.98 Å². The number of ether oxygens (including phenoxy) is 1. The van der Waals surface area contributed by atoms with Gasteiger partial charge in [0.05, 0.1) is 12.7 Å². The van der Waals surface area contributed by atoms with Crippen molar-refractivity contribution in [3.63, 3.8) is 0 Å². The lowest BCUT2D eigenvalue weighted by molar-refractivity contribution is 0.0600. The topological polar surface area (TPSA) is 39.2 Å². The molecule has 0 aromatic carbocycles. The van der Waals surface area contributed by atoms with Crippen LogP contribution in [0, 0.1) is 0 Å². The molecular weight excluding hydrogens is 185 g/mol. The molecule has 0 bridgehead atoms. The monoisotopic (exact) mass is 197 g/mol. The smallest absolute Gasteiger partial charge is 0.339 e. The Labute approximate surface area is 81.9 Å². The Hall–Kier alpha value is -1.45. The number of methoxy groups -OCH3 is 1. The summed E-state index contributed by atoms with van der Waals surface area (Å²) in [6.45, 7) is 2.82. The highest BCUT2D eigenvalue weighted by Gasteiger charge is 2.20. The fourth-order valence-corrected chi connectivity index (χ4v) is 0.995. The predicted molar refractivity (Wildman–Crippen MR) is 49.7 cm³/mol. The van der Waals surface area contributed by atoms with Gasteiger partial charge in [0.15, 0.2) is 0 Å². The highest BCUT2D eigenvalue weighted by atomic mass is 19.1. The summed E-state index contributed by atoms with van der Waals surface area (Å²) in [6, 6.07) is 1.44. The van der Waals surface area contributed by atoms with Crippen molar-refractivity contribution in [1.82, 2.24) is 4.98 Å². The first-order valence-electron chi connectivity index (χ1n) is 4.18. The first-order valence-corrected chi connectivity index (χ1v) is 4.18. The zero-order valence-corrected chi connectivity index (χ0v) is 8.37. The number of carbonyl (C=O) groups is 1. The third kappa shape index (κ3) is 2.28. The Morgan fingerprint density at radius 1 is 1.50 bits per heavy atom. The van der Waals surface area contributed by atoms with Gasteiger partial charge in [-0.2, -0.15) is 0 Å². The summed E-state index contributed by atoms with van der Waals surface area (Å²) in [7, 11) is 1.27. The molecule has 0 radical (unpaired) electrons. The molecule has 0 N–H and O–H groups in total. The molecule has 0 saturated carbocycles. The van der Waals surface area contributed by atoms with Crippen LogP contribution in [0.1, 0.15) is 29.8 Å². The van der Waals surface area contributed by atoms with E-state index in [-0.39, 0.29) is 5.56 Å². The highest BCUT2D eigenvalue weighted by molar-refractivity contribution is 5.89. The Bertz CT molecular complexity index is 344. The number of esters is 1. The van der Waals surface area contributed by atoms with Crippen LogP contribution in [0.3, 0.4) is 0 Å². The summed E-state index contributed by atoms with van der Waals surface area (Å²) in [4.78, 5) is 14.9. The number of aromatic nitrogens is 1. The van der Waals surface area contributed by atoms with Crippen molar-refractivity contribution in [1.29, 1.82) is 0 Å². The maximum absolute atomic E-state index is 13.5. The molecule has 1 rings (SSSR count). The molecule has 1 aromatic heterocycles. The summed E-state index contributed by atoms with van der Waals surface area (Å²) in [5.41, 5.74) is -0.882. The average Bonchev–Trinajstić information content (AvgIpc) is 2.15. The van der Waals surface area contributed by atoms with Crippen LogP contribution in [0.4, 0.5) is 4.39 Å². The predicted octanol–water partition coefficient (Wildman–Crippen LogP) is 2.07. The fraction of sp³-hybridized carbons (Fsp3) is 0.400. The van der Waals surface area contributed by atoms with Gasteiger partial charge < -0.3 is 4.74 Å². The lowest BCUT2D eigenvalue weighted by Crippen LogP contribution is -2.11. The number of rotatable bonds is 2. The van der Waals surface area contributed by atoms with Gasteiger partial charge in [-0.15, -0.1) is 0 Å². The number of hydrogen-bond acceptors (Lipinski definition) is 3. The average molecular weight is 197 g/mol. The number of pyridine rings is 1. The lowest BCUT2D eigenvalue weighted by Gasteiger charge is -2.14. The minimum absolute atomic E-state index is 0.260. The van der Waals surface area contributed by atoms with Crippen LogP contribution in [0.15, 0.2) is 18.5 Å². The number of alkyl halides is 1. The van der Waals surface area contributed by atoms with Crippen LogP contribution < -0.4 is 0 Å². The van der Waals surface area contributed by atoms with Gasteiger partial charge in [0, 0.05) is 18.0 Å². The number of halogens is 1. The lowest BCUT2D eigenvalue weighted by atomic mass is 10.0. The van der Waals surface area contributed by atoms with Gasteiger partial charge in [0.2, 0.25) is 0 Å². The Balaban J connectivity index is 3.08. The molecule has 0 fully saturated rings. The molecule has 14 heavy (non-hydrogen) atoms. The number of nitrogens with zero attached hydrogens (tertiary/aromatic N) is 1. The molecule has 3 nitrogen and oxygen atoms in total. The summed E-state index contributed by atoms with van der Waals surface area (Å²) in [5.74, 6) is -0.511. The van der Waals surface area contributed by atoms with Crippen LogP contribution in [0.25, 0.3) is 0 Å². The van der Waals surface area contributed by atoms with Gasteiger partial charge in [-0.25, -0.2) is 9.18 Å². The minimum atomic E-state index is -1.50. The molecule has 0 atom stereocenters. The van der Waals surface area contributed by atoms with Crippen molar-refractivity contribution in [3.05, 3.63) is 29.6 Å². The Kier molecular flexibility index (Phi) is 2.84. The van der Waals surface area contributed by atoms with E-state index in [1.165, 1.54) is 39.4 Å². The Morgan fingerprint density at radius 2 is 2.14 bits per heavy atom. The molecule has 0 amide bonds. The first-order chi connectivity index (χ1) is 6.45. The maximum atomic E-state index is 13.5. The molecule has 4 heteroatoms. The minimum Gasteiger partial charge on any atom is -0.465 e. The standard InChI is InChI=1S/C10H12FNO2/c1-10(2,11)8-4-7(5-12-6-8)9(13)14-3/h4-6H,1-3H3. The van der Waals surface area contributed by atoms with Crippen molar-refractivity contribution in [2.45, 2.75) is 19.5 Å². The normalized spacial score (nSPS) is 11.1. The molecule has 1 aromatic rings. The van der Waals surface area contributed by atoms with E-state index in [9.17, 15) is 9.18 Å². The highest BCUT2D eigenvalue weighted by Crippen LogP contribution is 2.24. The summed E-state index contributed by atoms with van der Waals surface area (Å²) in [5, 5.41) is 0. The SMILES string of the molecule is COC(=O)c1cncc(C(C)(C)F)c1. The van der Waals surface area contributed by atoms with Crippen LogP contribution in [0.2, 0.25) is 0 Å². The summed E-state index contributed by atoms with van der Waals surface area (Å²) < 4.78 is 18.0. The van der Waals surface area contributed by atoms with Gasteiger partial charge in [-0.1, -0.05) is 0 Å². The summed E-state index contributed by atoms with van der Waals surface area (Å²) >= 11 is 0. The van der Waals surface area contributed by atoms with E-state index in [2.05, 4.69) is 9.72 Å². The van der Waals surface area contributed by atoms with Crippen LogP contribution in [0.5, 0.6) is 0 Å². The fourth-order valence-electron chi connectivity index (χ4n) is 0.995. The summed E-state index contributed by atoms with van der Waals surface area (Å²) in [6.07, 6.45) is 2.74. The third-order valence-corrected chi connectivity index (χ3v) is 1.85. The maximum Gasteiger partial charge on any atom is 0.339 e. The van der Waals surface area contributed by atoms with E-state index in [4.69, 9.17) is 0 Å². The number of carbonyl (C=O) groups excluding carboxylic acids is 1. The molecule has 1 heterocycles. The first kappa shape index (κ1) is 10.6. The molecule has 0 saturated heterocycles. The van der Waals surface area contributed by atoms with Crippen LogP contribution in [-0.4, -0.2) is 18.1 Å². The number of hydrogen-bond donors (Lipinski definition) is 0. The van der Waals surface area contributed by atoms with Crippen molar-refractivity contribution in [2.75, 3.05) is 7.11 Å². The van der Waals surface area contributed by atoms with Crippen LogP contribution in [-0.2, 0) is 10.4 Å². The molecule has 0 unspecified atom stereocenters. The second-order valence-corrected chi connectivity index (χ2v) is 3.43. The van der Waals surface area contributed by atoms with Crippen LogP contribution >= 0.6 is 0 Å². The molecule has 0 aliphatic carbocycles. The molecule has 76 valence electrons. The van der Waals surface area contributed by atoms with Crippen molar-refractivity contribution >= 4 is 5.97 Å². The van der Waals surface area contributed by atoms with E-state index in [0.717, 1.165) is 0 Å². The molecular formula is C10H12FNO2.